The van der Waals surface area contributed by atoms with E-state index in [9.17, 15) is 9.59 Å². The molecule has 5 heteroatoms. The van der Waals surface area contributed by atoms with E-state index in [-0.39, 0.29) is 18.8 Å². The van der Waals surface area contributed by atoms with E-state index in [4.69, 9.17) is 11.6 Å². The molecule has 0 aliphatic heterocycles. The van der Waals surface area contributed by atoms with Crippen LogP contribution in [0.2, 0.25) is 0 Å². The van der Waals surface area contributed by atoms with Gasteiger partial charge in [-0.3, -0.25) is 9.59 Å². The minimum absolute atomic E-state index is 0.140. The normalized spacial score (nSPS) is 11.9. The van der Waals surface area contributed by atoms with Crippen molar-refractivity contribution in [1.82, 2.24) is 0 Å². The summed E-state index contributed by atoms with van der Waals surface area (Å²) in [6.45, 7) is 4.06. The highest BCUT2D eigenvalue weighted by Crippen LogP contribution is 2.08. The second-order valence-corrected chi connectivity index (χ2v) is 3.09. The first kappa shape index (κ1) is 13.2. The highest BCUT2D eigenvalue weighted by Gasteiger charge is 2.17. The zero-order chi connectivity index (χ0) is 11.0. The largest absolute Gasteiger partial charge is 0.466 e. The van der Waals surface area contributed by atoms with Gasteiger partial charge in [-0.1, -0.05) is 0 Å². The van der Waals surface area contributed by atoms with Crippen molar-refractivity contribution < 1.29 is 19.1 Å². The quantitative estimate of drug-likeness (QED) is 0.505. The van der Waals surface area contributed by atoms with Crippen molar-refractivity contribution in [2.75, 3.05) is 13.2 Å². The average molecular weight is 223 g/mol. The lowest BCUT2D eigenvalue weighted by Gasteiger charge is -2.07. The molecule has 1 unspecified atom stereocenters. The van der Waals surface area contributed by atoms with Gasteiger partial charge in [-0.2, -0.15) is 0 Å². The van der Waals surface area contributed by atoms with Crippen LogP contribution in [-0.2, 0) is 19.1 Å². The molecule has 0 fully saturated rings. The number of halogens is 1. The predicted octanol–water partition coefficient (Wildman–Crippen LogP) is 1.50. The number of ether oxygens (including phenoxy) is 2. The van der Waals surface area contributed by atoms with Gasteiger partial charge >= 0.3 is 11.9 Å². The van der Waals surface area contributed by atoms with Gasteiger partial charge in [-0.25, -0.2) is 0 Å². The van der Waals surface area contributed by atoms with Crippen molar-refractivity contribution >= 4 is 23.5 Å². The van der Waals surface area contributed by atoms with E-state index in [2.05, 4.69) is 9.47 Å². The van der Waals surface area contributed by atoms with Crippen molar-refractivity contribution in [3.8, 4) is 0 Å². The van der Waals surface area contributed by atoms with E-state index >= 15 is 0 Å². The molecule has 1 atom stereocenters. The standard InChI is InChI=1S/C9H15ClO4/c1-3-13-8(11)6-5-7(10)9(12)14-4-2/h7H,3-6H2,1-2H3. The summed E-state index contributed by atoms with van der Waals surface area (Å²) in [6.07, 6.45) is 0.389. The number of esters is 2. The van der Waals surface area contributed by atoms with Crippen molar-refractivity contribution in [2.45, 2.75) is 32.1 Å². The SMILES string of the molecule is CCOC(=O)CCC(Cl)C(=O)OCC. The molecule has 0 aromatic heterocycles. The minimum Gasteiger partial charge on any atom is -0.466 e. The van der Waals surface area contributed by atoms with Crippen LogP contribution in [0.5, 0.6) is 0 Å². The van der Waals surface area contributed by atoms with Crippen LogP contribution in [0, 0.1) is 0 Å². The third-order valence-corrected chi connectivity index (χ3v) is 1.85. The van der Waals surface area contributed by atoms with E-state index in [1.165, 1.54) is 0 Å². The number of hydrogen-bond donors (Lipinski definition) is 0. The molecule has 0 spiro atoms. The van der Waals surface area contributed by atoms with Gasteiger partial charge in [-0.15, -0.1) is 11.6 Å². The molecular formula is C9H15ClO4. The fraction of sp³-hybridized carbons (Fsp3) is 0.778. The summed E-state index contributed by atoms with van der Waals surface area (Å²) < 4.78 is 9.36. The molecule has 0 saturated heterocycles. The molecule has 0 N–H and O–H groups in total. The molecule has 82 valence electrons. The molecule has 0 aromatic carbocycles. The lowest BCUT2D eigenvalue weighted by Crippen LogP contribution is -2.19. The van der Waals surface area contributed by atoms with Gasteiger partial charge in [0.25, 0.3) is 0 Å². The van der Waals surface area contributed by atoms with Crippen LogP contribution >= 0.6 is 11.6 Å². The Morgan fingerprint density at radius 2 is 1.79 bits per heavy atom. The van der Waals surface area contributed by atoms with E-state index in [1.807, 2.05) is 0 Å². The Morgan fingerprint density at radius 3 is 2.29 bits per heavy atom. The summed E-state index contributed by atoms with van der Waals surface area (Å²) in [5.74, 6) is -0.832. The molecule has 4 nitrogen and oxygen atoms in total. The van der Waals surface area contributed by atoms with Gasteiger partial charge in [0.2, 0.25) is 0 Å². The van der Waals surface area contributed by atoms with Gasteiger partial charge in [-0.05, 0) is 20.3 Å². The van der Waals surface area contributed by atoms with E-state index in [0.29, 0.717) is 13.2 Å². The monoisotopic (exact) mass is 222 g/mol. The van der Waals surface area contributed by atoms with Crippen LogP contribution < -0.4 is 0 Å². The molecular weight excluding hydrogens is 208 g/mol. The fourth-order valence-electron chi connectivity index (χ4n) is 0.828. The Kier molecular flexibility index (Phi) is 7.20. The Balaban J connectivity index is 3.67. The van der Waals surface area contributed by atoms with Crippen LogP contribution in [0.15, 0.2) is 0 Å². The number of rotatable bonds is 6. The van der Waals surface area contributed by atoms with E-state index in [1.54, 1.807) is 13.8 Å². The fourth-order valence-corrected chi connectivity index (χ4v) is 1.00. The van der Waals surface area contributed by atoms with Gasteiger partial charge in [0.15, 0.2) is 0 Å². The Bertz CT molecular complexity index is 193. The molecule has 14 heavy (non-hydrogen) atoms. The third-order valence-electron chi connectivity index (χ3n) is 1.45. The lowest BCUT2D eigenvalue weighted by molar-refractivity contribution is -0.144. The van der Waals surface area contributed by atoms with Crippen LogP contribution in [0.3, 0.4) is 0 Å². The second kappa shape index (κ2) is 7.62. The first-order valence-electron chi connectivity index (χ1n) is 4.58. The number of hydrogen-bond acceptors (Lipinski definition) is 4. The summed E-state index contributed by atoms with van der Waals surface area (Å²) in [7, 11) is 0. The average Bonchev–Trinajstić information content (AvgIpc) is 2.15. The molecule has 0 rings (SSSR count). The van der Waals surface area contributed by atoms with Gasteiger partial charge in [0.1, 0.15) is 5.38 Å². The van der Waals surface area contributed by atoms with Crippen molar-refractivity contribution in [3.63, 3.8) is 0 Å². The van der Waals surface area contributed by atoms with Gasteiger partial charge < -0.3 is 9.47 Å². The maximum Gasteiger partial charge on any atom is 0.324 e. The predicted molar refractivity (Wildman–Crippen MR) is 52.1 cm³/mol. The molecule has 0 radical (unpaired) electrons. The smallest absolute Gasteiger partial charge is 0.324 e. The molecule has 0 amide bonds. The maximum atomic E-state index is 11.0. The van der Waals surface area contributed by atoms with Crippen molar-refractivity contribution in [1.29, 1.82) is 0 Å². The zero-order valence-electron chi connectivity index (χ0n) is 8.42. The summed E-state index contributed by atoms with van der Waals surface area (Å²) in [6, 6.07) is 0. The summed E-state index contributed by atoms with van der Waals surface area (Å²) in [5.41, 5.74) is 0. The van der Waals surface area contributed by atoms with Crippen molar-refractivity contribution in [2.24, 2.45) is 0 Å². The highest BCUT2D eigenvalue weighted by molar-refractivity contribution is 6.29. The van der Waals surface area contributed by atoms with E-state index in [0.717, 1.165) is 0 Å². The molecule has 0 heterocycles. The van der Waals surface area contributed by atoms with Crippen LogP contribution in [0.25, 0.3) is 0 Å². The highest BCUT2D eigenvalue weighted by atomic mass is 35.5. The van der Waals surface area contributed by atoms with E-state index < -0.39 is 11.3 Å². The number of alkyl halides is 1. The summed E-state index contributed by atoms with van der Waals surface area (Å²) in [5, 5.41) is -0.764. The molecule has 0 aliphatic carbocycles. The molecule has 0 aliphatic rings. The minimum atomic E-state index is -0.764. The number of carbonyl (C=O) groups excluding carboxylic acids is 2. The Labute approximate surface area is 88.5 Å². The second-order valence-electron chi connectivity index (χ2n) is 2.56. The third kappa shape index (κ3) is 5.80. The first-order valence-corrected chi connectivity index (χ1v) is 5.01. The van der Waals surface area contributed by atoms with Crippen LogP contribution in [0.4, 0.5) is 0 Å². The zero-order valence-corrected chi connectivity index (χ0v) is 9.17. The number of carbonyl (C=O) groups is 2. The van der Waals surface area contributed by atoms with Crippen molar-refractivity contribution in [3.05, 3.63) is 0 Å². The topological polar surface area (TPSA) is 52.6 Å². The van der Waals surface area contributed by atoms with Crippen LogP contribution in [-0.4, -0.2) is 30.5 Å². The van der Waals surface area contributed by atoms with Gasteiger partial charge in [0, 0.05) is 6.42 Å². The first-order chi connectivity index (χ1) is 6.61. The molecule has 0 aromatic rings. The Morgan fingerprint density at radius 1 is 1.21 bits per heavy atom. The lowest BCUT2D eigenvalue weighted by atomic mass is 10.2. The van der Waals surface area contributed by atoms with Crippen LogP contribution in [0.1, 0.15) is 26.7 Å². The maximum absolute atomic E-state index is 11.0. The Hall–Kier alpha value is -0.770. The molecule has 0 bridgehead atoms. The molecule has 0 saturated carbocycles. The van der Waals surface area contributed by atoms with Gasteiger partial charge in [0.05, 0.1) is 13.2 Å². The summed E-state index contributed by atoms with van der Waals surface area (Å²) in [4.78, 5) is 21.9. The summed E-state index contributed by atoms with van der Waals surface area (Å²) >= 11 is 5.67.